The second kappa shape index (κ2) is 33.8. The second-order valence-corrected chi connectivity index (χ2v) is 11.2. The van der Waals surface area contributed by atoms with Crippen LogP contribution in [-0.4, -0.2) is 37.0 Å². The molecule has 0 aromatic carbocycles. The van der Waals surface area contributed by atoms with Gasteiger partial charge in [-0.05, 0) is 44.9 Å². The fourth-order valence-electron chi connectivity index (χ4n) is 4.69. The molecule has 0 heterocycles. The Bertz CT molecular complexity index is 596. The minimum absolute atomic E-state index is 0.175. The van der Waals surface area contributed by atoms with E-state index >= 15 is 0 Å². The molecule has 4 heteroatoms. The summed E-state index contributed by atoms with van der Waals surface area (Å²) >= 11 is 0. The van der Waals surface area contributed by atoms with Crippen molar-refractivity contribution < 1.29 is 19.4 Å². The third-order valence-electron chi connectivity index (χ3n) is 7.23. The Labute approximate surface area is 249 Å². The number of carbonyl (C=O) groups excluding carboxylic acids is 1. The van der Waals surface area contributed by atoms with Gasteiger partial charge in [0.25, 0.3) is 0 Å². The Kier molecular flexibility index (Phi) is 32.6. The van der Waals surface area contributed by atoms with Crippen molar-refractivity contribution in [3.05, 3.63) is 36.5 Å². The van der Waals surface area contributed by atoms with Crippen LogP contribution in [0.15, 0.2) is 36.5 Å². The highest BCUT2D eigenvalue weighted by atomic mass is 16.6. The molecule has 4 nitrogen and oxygen atoms in total. The minimum Gasteiger partial charge on any atom is -0.457 e. The first-order valence-electron chi connectivity index (χ1n) is 17.1. The van der Waals surface area contributed by atoms with Crippen LogP contribution in [0.2, 0.25) is 0 Å². The van der Waals surface area contributed by atoms with Crippen molar-refractivity contribution in [1.82, 2.24) is 0 Å². The van der Waals surface area contributed by atoms with Gasteiger partial charge in [-0.25, -0.2) is 0 Å². The molecule has 234 valence electrons. The van der Waals surface area contributed by atoms with E-state index in [9.17, 15) is 9.90 Å². The molecular formula is C36H66O4. The van der Waals surface area contributed by atoms with Crippen LogP contribution in [0.4, 0.5) is 0 Å². The van der Waals surface area contributed by atoms with Gasteiger partial charge in [0.05, 0.1) is 13.2 Å². The number of hydrogen-bond acceptors (Lipinski definition) is 4. The summed E-state index contributed by atoms with van der Waals surface area (Å²) in [7, 11) is 0. The first-order valence-corrected chi connectivity index (χ1v) is 17.1. The molecule has 1 atom stereocenters. The van der Waals surface area contributed by atoms with E-state index in [2.05, 4.69) is 50.3 Å². The number of allylic oxidation sites excluding steroid dienone is 6. The fourth-order valence-corrected chi connectivity index (χ4v) is 4.69. The second-order valence-electron chi connectivity index (χ2n) is 11.2. The van der Waals surface area contributed by atoms with Gasteiger partial charge in [0.15, 0.2) is 0 Å². The largest absolute Gasteiger partial charge is 0.457 e. The minimum atomic E-state index is -0.536. The van der Waals surface area contributed by atoms with Gasteiger partial charge in [-0.15, -0.1) is 0 Å². The maximum atomic E-state index is 12.1. The Morgan fingerprint density at radius 3 is 1.70 bits per heavy atom. The number of carbonyl (C=O) groups is 1. The summed E-state index contributed by atoms with van der Waals surface area (Å²) in [6.07, 6.45) is 40.3. The van der Waals surface area contributed by atoms with Crippen LogP contribution in [0, 0.1) is 0 Å². The molecule has 1 unspecified atom stereocenters. The van der Waals surface area contributed by atoms with Crippen LogP contribution in [0.1, 0.15) is 162 Å². The fraction of sp³-hybridized carbons (Fsp3) is 0.806. The summed E-state index contributed by atoms with van der Waals surface area (Å²) in [6.45, 7) is 5.20. The van der Waals surface area contributed by atoms with E-state index in [1.807, 2.05) is 0 Å². The van der Waals surface area contributed by atoms with Gasteiger partial charge < -0.3 is 14.6 Å². The SMILES string of the molecule is CC/C=C\C/C=C\C/C=C\CCCCCCCCOCC(CO)OC(=O)CCCCCCCCCCCCCC. The van der Waals surface area contributed by atoms with Crippen LogP contribution < -0.4 is 0 Å². The summed E-state index contributed by atoms with van der Waals surface area (Å²) in [5, 5.41) is 9.52. The van der Waals surface area contributed by atoms with Gasteiger partial charge in [0.1, 0.15) is 6.10 Å². The van der Waals surface area contributed by atoms with E-state index < -0.39 is 6.10 Å². The third kappa shape index (κ3) is 31.1. The smallest absolute Gasteiger partial charge is 0.306 e. The number of rotatable bonds is 31. The summed E-state index contributed by atoms with van der Waals surface area (Å²) in [5.41, 5.74) is 0. The normalized spacial score (nSPS) is 12.8. The van der Waals surface area contributed by atoms with Crippen LogP contribution in [0.5, 0.6) is 0 Å². The predicted molar refractivity (Wildman–Crippen MR) is 173 cm³/mol. The zero-order chi connectivity index (χ0) is 29.2. The van der Waals surface area contributed by atoms with E-state index in [0.29, 0.717) is 13.0 Å². The molecule has 0 aromatic rings. The Morgan fingerprint density at radius 2 is 1.12 bits per heavy atom. The van der Waals surface area contributed by atoms with Crippen LogP contribution in [0.3, 0.4) is 0 Å². The van der Waals surface area contributed by atoms with Crippen molar-refractivity contribution >= 4 is 5.97 Å². The molecule has 0 fully saturated rings. The van der Waals surface area contributed by atoms with Crippen molar-refractivity contribution in [1.29, 1.82) is 0 Å². The zero-order valence-corrected chi connectivity index (χ0v) is 26.6. The molecule has 0 spiro atoms. The lowest BCUT2D eigenvalue weighted by molar-refractivity contribution is -0.154. The maximum absolute atomic E-state index is 12.1. The van der Waals surface area contributed by atoms with Gasteiger partial charge >= 0.3 is 5.97 Å². The topological polar surface area (TPSA) is 55.8 Å². The van der Waals surface area contributed by atoms with Crippen LogP contribution in [-0.2, 0) is 14.3 Å². The Hall–Kier alpha value is -1.39. The van der Waals surface area contributed by atoms with Crippen LogP contribution in [0.25, 0.3) is 0 Å². The molecule has 0 aliphatic heterocycles. The standard InChI is InChI=1S/C36H66O4/c1-3-5-7-9-11-13-15-17-18-19-20-22-24-26-28-30-32-39-34-35(33-37)40-36(38)31-29-27-25-23-21-16-14-12-10-8-6-4-2/h5,7,11,13,17-18,35,37H,3-4,6,8-10,12,14-16,19-34H2,1-2H3/b7-5-,13-11-,18-17-. The Morgan fingerprint density at radius 1 is 0.625 bits per heavy atom. The molecule has 0 saturated heterocycles. The molecule has 0 bridgehead atoms. The van der Waals surface area contributed by atoms with Gasteiger partial charge in [-0.3, -0.25) is 4.79 Å². The number of aliphatic hydroxyl groups is 1. The number of ether oxygens (including phenoxy) is 2. The van der Waals surface area contributed by atoms with E-state index in [4.69, 9.17) is 9.47 Å². The van der Waals surface area contributed by atoms with Crippen LogP contribution >= 0.6 is 0 Å². The third-order valence-corrected chi connectivity index (χ3v) is 7.23. The summed E-state index contributed by atoms with van der Waals surface area (Å²) in [5.74, 6) is -0.208. The molecule has 0 radical (unpaired) electrons. The average Bonchev–Trinajstić information content (AvgIpc) is 2.96. The number of hydrogen-bond donors (Lipinski definition) is 1. The molecule has 0 aromatic heterocycles. The summed E-state index contributed by atoms with van der Waals surface area (Å²) < 4.78 is 11.1. The van der Waals surface area contributed by atoms with Crippen molar-refractivity contribution in [2.45, 2.75) is 168 Å². The molecular weight excluding hydrogens is 496 g/mol. The summed E-state index contributed by atoms with van der Waals surface area (Å²) in [6, 6.07) is 0. The zero-order valence-electron chi connectivity index (χ0n) is 26.6. The van der Waals surface area contributed by atoms with E-state index in [-0.39, 0.29) is 19.2 Å². The van der Waals surface area contributed by atoms with E-state index in [1.54, 1.807) is 0 Å². The lowest BCUT2D eigenvalue weighted by atomic mass is 10.0. The Balaban J connectivity index is 3.47. The predicted octanol–water partition coefficient (Wildman–Crippen LogP) is 10.6. The highest BCUT2D eigenvalue weighted by Crippen LogP contribution is 2.13. The van der Waals surface area contributed by atoms with E-state index in [1.165, 1.54) is 96.3 Å². The first kappa shape index (κ1) is 38.6. The molecule has 0 aliphatic rings. The molecule has 0 rings (SSSR count). The monoisotopic (exact) mass is 562 g/mol. The molecule has 0 aliphatic carbocycles. The molecule has 1 N–H and O–H groups in total. The first-order chi connectivity index (χ1) is 19.7. The highest BCUT2D eigenvalue weighted by molar-refractivity contribution is 5.69. The van der Waals surface area contributed by atoms with Crippen molar-refractivity contribution in [3.8, 4) is 0 Å². The molecule has 0 amide bonds. The van der Waals surface area contributed by atoms with Crippen molar-refractivity contribution in [2.75, 3.05) is 19.8 Å². The van der Waals surface area contributed by atoms with Gasteiger partial charge in [0.2, 0.25) is 0 Å². The highest BCUT2D eigenvalue weighted by Gasteiger charge is 2.13. The molecule has 0 saturated carbocycles. The number of esters is 1. The lowest BCUT2D eigenvalue weighted by Crippen LogP contribution is -2.27. The lowest BCUT2D eigenvalue weighted by Gasteiger charge is -2.15. The molecule has 40 heavy (non-hydrogen) atoms. The maximum Gasteiger partial charge on any atom is 0.306 e. The van der Waals surface area contributed by atoms with E-state index in [0.717, 1.165) is 44.9 Å². The van der Waals surface area contributed by atoms with Gasteiger partial charge in [-0.2, -0.15) is 0 Å². The quantitative estimate of drug-likeness (QED) is 0.0518. The number of unbranched alkanes of at least 4 members (excludes halogenated alkanes) is 17. The van der Waals surface area contributed by atoms with Gasteiger partial charge in [0, 0.05) is 13.0 Å². The average molecular weight is 563 g/mol. The van der Waals surface area contributed by atoms with Crippen molar-refractivity contribution in [3.63, 3.8) is 0 Å². The summed E-state index contributed by atoms with van der Waals surface area (Å²) in [4.78, 5) is 12.1. The number of aliphatic hydroxyl groups excluding tert-OH is 1. The van der Waals surface area contributed by atoms with Crippen molar-refractivity contribution in [2.24, 2.45) is 0 Å². The van der Waals surface area contributed by atoms with Gasteiger partial charge in [-0.1, -0.05) is 147 Å².